The Kier molecular flexibility index (Phi) is 6.15. The molecule has 19 heavy (non-hydrogen) atoms. The lowest BCUT2D eigenvalue weighted by Gasteiger charge is -2.35. The van der Waals surface area contributed by atoms with Crippen LogP contribution in [0.2, 0.25) is 0 Å². The summed E-state index contributed by atoms with van der Waals surface area (Å²) in [5, 5.41) is 3.62. The second kappa shape index (κ2) is 7.64. The van der Waals surface area contributed by atoms with Crippen LogP contribution in [0.3, 0.4) is 0 Å². The normalized spacial score (nSPS) is 30.0. The van der Waals surface area contributed by atoms with Gasteiger partial charge in [0.1, 0.15) is 0 Å². The van der Waals surface area contributed by atoms with Gasteiger partial charge in [-0.15, -0.1) is 0 Å². The van der Waals surface area contributed by atoms with Crippen molar-refractivity contribution in [1.29, 1.82) is 0 Å². The van der Waals surface area contributed by atoms with Crippen LogP contribution in [0.4, 0.5) is 0 Å². The minimum Gasteiger partial charge on any atom is -0.316 e. The molecular weight excluding hydrogens is 232 g/mol. The maximum absolute atomic E-state index is 3.62. The third-order valence-electron chi connectivity index (χ3n) is 5.38. The zero-order chi connectivity index (χ0) is 13.6. The van der Waals surface area contributed by atoms with Gasteiger partial charge in [-0.05, 0) is 51.1 Å². The van der Waals surface area contributed by atoms with Crippen molar-refractivity contribution < 1.29 is 0 Å². The molecule has 2 unspecified atom stereocenters. The average molecular weight is 266 g/mol. The molecule has 2 fully saturated rings. The van der Waals surface area contributed by atoms with Crippen molar-refractivity contribution in [3.8, 4) is 0 Å². The highest BCUT2D eigenvalue weighted by atomic mass is 15.2. The number of rotatable bonds is 7. The van der Waals surface area contributed by atoms with E-state index in [0.29, 0.717) is 5.41 Å². The van der Waals surface area contributed by atoms with E-state index in [4.69, 9.17) is 0 Å². The topological polar surface area (TPSA) is 15.3 Å². The SMILES string of the molecule is CCCCCCCC(C)N1CCC2(CCCNC2)C1. The Labute approximate surface area is 120 Å². The Morgan fingerprint density at radius 2 is 2.00 bits per heavy atom. The summed E-state index contributed by atoms with van der Waals surface area (Å²) < 4.78 is 0. The van der Waals surface area contributed by atoms with Crippen LogP contribution in [0.5, 0.6) is 0 Å². The lowest BCUT2D eigenvalue weighted by atomic mass is 9.80. The fourth-order valence-corrected chi connectivity index (χ4v) is 3.95. The number of hydrogen-bond donors (Lipinski definition) is 1. The third kappa shape index (κ3) is 4.46. The second-order valence-corrected chi connectivity index (χ2v) is 7.05. The van der Waals surface area contributed by atoms with Crippen LogP contribution in [0.15, 0.2) is 0 Å². The van der Waals surface area contributed by atoms with Gasteiger partial charge in [0.15, 0.2) is 0 Å². The molecule has 2 heterocycles. The van der Waals surface area contributed by atoms with Gasteiger partial charge in [0.2, 0.25) is 0 Å². The van der Waals surface area contributed by atoms with Crippen molar-refractivity contribution in [2.24, 2.45) is 5.41 Å². The molecule has 0 aromatic rings. The van der Waals surface area contributed by atoms with Crippen LogP contribution in [-0.2, 0) is 0 Å². The van der Waals surface area contributed by atoms with Crippen LogP contribution in [-0.4, -0.2) is 37.1 Å². The van der Waals surface area contributed by atoms with E-state index in [1.165, 1.54) is 84.0 Å². The average Bonchev–Trinajstić information content (AvgIpc) is 2.83. The van der Waals surface area contributed by atoms with Gasteiger partial charge in [-0.25, -0.2) is 0 Å². The Balaban J connectivity index is 1.65. The van der Waals surface area contributed by atoms with Crippen molar-refractivity contribution in [1.82, 2.24) is 10.2 Å². The van der Waals surface area contributed by atoms with E-state index >= 15 is 0 Å². The Morgan fingerprint density at radius 1 is 1.16 bits per heavy atom. The highest BCUT2D eigenvalue weighted by Crippen LogP contribution is 2.37. The van der Waals surface area contributed by atoms with Crippen molar-refractivity contribution in [3.63, 3.8) is 0 Å². The number of hydrogen-bond acceptors (Lipinski definition) is 2. The summed E-state index contributed by atoms with van der Waals surface area (Å²) in [6.07, 6.45) is 12.8. The van der Waals surface area contributed by atoms with Crippen LogP contribution < -0.4 is 5.32 Å². The van der Waals surface area contributed by atoms with E-state index in [-0.39, 0.29) is 0 Å². The standard InChI is InChI=1S/C17H34N2/c1-3-4-5-6-7-9-16(2)19-13-11-17(15-19)10-8-12-18-14-17/h16,18H,3-15H2,1-2H3. The first kappa shape index (κ1) is 15.3. The second-order valence-electron chi connectivity index (χ2n) is 7.05. The third-order valence-corrected chi connectivity index (χ3v) is 5.38. The summed E-state index contributed by atoms with van der Waals surface area (Å²) in [5.41, 5.74) is 0.634. The van der Waals surface area contributed by atoms with Gasteiger partial charge in [-0.2, -0.15) is 0 Å². The fraction of sp³-hybridized carbons (Fsp3) is 1.00. The summed E-state index contributed by atoms with van der Waals surface area (Å²) in [7, 11) is 0. The van der Waals surface area contributed by atoms with Crippen LogP contribution in [0.1, 0.15) is 71.6 Å². The molecule has 0 aromatic carbocycles. The first-order valence-corrected chi connectivity index (χ1v) is 8.70. The molecule has 112 valence electrons. The predicted molar refractivity (Wildman–Crippen MR) is 83.6 cm³/mol. The molecule has 2 atom stereocenters. The molecule has 0 aliphatic carbocycles. The van der Waals surface area contributed by atoms with E-state index in [0.717, 1.165) is 6.04 Å². The fourth-order valence-electron chi connectivity index (χ4n) is 3.95. The van der Waals surface area contributed by atoms with Crippen LogP contribution >= 0.6 is 0 Å². The predicted octanol–water partition coefficient (Wildman–Crippen LogP) is 3.81. The summed E-state index contributed by atoms with van der Waals surface area (Å²) in [6.45, 7) is 9.97. The molecule has 0 aromatic heterocycles. The number of nitrogens with one attached hydrogen (secondary N) is 1. The van der Waals surface area contributed by atoms with E-state index in [1.807, 2.05) is 0 Å². The summed E-state index contributed by atoms with van der Waals surface area (Å²) in [5.74, 6) is 0. The van der Waals surface area contributed by atoms with E-state index < -0.39 is 0 Å². The lowest BCUT2D eigenvalue weighted by molar-refractivity contribution is 0.173. The minimum absolute atomic E-state index is 0.634. The van der Waals surface area contributed by atoms with Crippen LogP contribution in [0, 0.1) is 5.41 Å². The number of likely N-dealkylation sites (tertiary alicyclic amines) is 1. The number of nitrogens with zero attached hydrogens (tertiary/aromatic N) is 1. The highest BCUT2D eigenvalue weighted by Gasteiger charge is 2.39. The summed E-state index contributed by atoms with van der Waals surface area (Å²) in [4.78, 5) is 2.77. The van der Waals surface area contributed by atoms with Gasteiger partial charge in [0.05, 0.1) is 0 Å². The molecule has 0 radical (unpaired) electrons. The molecule has 0 saturated carbocycles. The zero-order valence-corrected chi connectivity index (χ0v) is 13.2. The molecule has 1 N–H and O–H groups in total. The van der Waals surface area contributed by atoms with Gasteiger partial charge in [0.25, 0.3) is 0 Å². The molecule has 2 saturated heterocycles. The van der Waals surface area contributed by atoms with Crippen molar-refractivity contribution >= 4 is 0 Å². The maximum Gasteiger partial charge on any atom is 0.00671 e. The molecule has 2 heteroatoms. The summed E-state index contributed by atoms with van der Waals surface area (Å²) >= 11 is 0. The quantitative estimate of drug-likeness (QED) is 0.705. The van der Waals surface area contributed by atoms with Crippen molar-refractivity contribution in [2.45, 2.75) is 77.7 Å². The van der Waals surface area contributed by atoms with Gasteiger partial charge >= 0.3 is 0 Å². The Morgan fingerprint density at radius 3 is 2.74 bits per heavy atom. The maximum atomic E-state index is 3.62. The monoisotopic (exact) mass is 266 g/mol. The van der Waals surface area contributed by atoms with Crippen LogP contribution in [0.25, 0.3) is 0 Å². The molecule has 2 aliphatic heterocycles. The van der Waals surface area contributed by atoms with Crippen molar-refractivity contribution in [2.75, 3.05) is 26.2 Å². The first-order valence-electron chi connectivity index (χ1n) is 8.70. The molecular formula is C17H34N2. The molecule has 2 nitrogen and oxygen atoms in total. The Bertz CT molecular complexity index is 246. The Hall–Kier alpha value is -0.0800. The molecule has 2 aliphatic rings. The largest absolute Gasteiger partial charge is 0.316 e. The molecule has 0 amide bonds. The van der Waals surface area contributed by atoms with E-state index in [9.17, 15) is 0 Å². The summed E-state index contributed by atoms with van der Waals surface area (Å²) in [6, 6.07) is 0.808. The molecule has 2 rings (SSSR count). The number of piperidine rings is 1. The number of unbranched alkanes of at least 4 members (excludes halogenated alkanes) is 4. The van der Waals surface area contributed by atoms with Crippen molar-refractivity contribution in [3.05, 3.63) is 0 Å². The minimum atomic E-state index is 0.634. The zero-order valence-electron chi connectivity index (χ0n) is 13.2. The highest BCUT2D eigenvalue weighted by molar-refractivity contribution is 4.95. The van der Waals surface area contributed by atoms with Gasteiger partial charge in [-0.3, -0.25) is 0 Å². The first-order chi connectivity index (χ1) is 9.26. The van der Waals surface area contributed by atoms with Gasteiger partial charge < -0.3 is 10.2 Å². The smallest absolute Gasteiger partial charge is 0.00671 e. The lowest BCUT2D eigenvalue weighted by Crippen LogP contribution is -2.43. The van der Waals surface area contributed by atoms with E-state index in [1.54, 1.807) is 0 Å². The van der Waals surface area contributed by atoms with E-state index in [2.05, 4.69) is 24.1 Å². The molecule has 0 bridgehead atoms. The van der Waals surface area contributed by atoms with Gasteiger partial charge in [-0.1, -0.05) is 39.0 Å². The van der Waals surface area contributed by atoms with Gasteiger partial charge in [0, 0.05) is 19.1 Å². The molecule has 1 spiro atoms.